The Kier molecular flexibility index (Phi) is 4.33. The zero-order valence-corrected chi connectivity index (χ0v) is 12.1. The molecule has 0 aliphatic carbocycles. The lowest BCUT2D eigenvalue weighted by atomic mass is 9.82. The Morgan fingerprint density at radius 3 is 2.58 bits per heavy atom. The molecule has 0 aromatic heterocycles. The maximum Gasteiger partial charge on any atom is 0.486 e. The summed E-state index contributed by atoms with van der Waals surface area (Å²) in [5, 5.41) is 0. The minimum atomic E-state index is -0.277. The van der Waals surface area contributed by atoms with E-state index in [4.69, 9.17) is 14.0 Å². The van der Waals surface area contributed by atoms with Crippen LogP contribution >= 0.6 is 0 Å². The third kappa shape index (κ3) is 4.11. The van der Waals surface area contributed by atoms with Crippen molar-refractivity contribution in [3.63, 3.8) is 0 Å². The Morgan fingerprint density at radius 1 is 1.32 bits per heavy atom. The third-order valence-electron chi connectivity index (χ3n) is 3.14. The van der Waals surface area contributed by atoms with Crippen LogP contribution in [0.2, 0.25) is 0 Å². The van der Waals surface area contributed by atoms with E-state index in [-0.39, 0.29) is 18.8 Å². The molecule has 4 heteroatoms. The first-order valence-electron chi connectivity index (χ1n) is 6.64. The molecule has 0 N–H and O–H groups in total. The van der Waals surface area contributed by atoms with Crippen molar-refractivity contribution in [3.05, 3.63) is 35.8 Å². The zero-order chi connectivity index (χ0) is 13.9. The van der Waals surface area contributed by atoms with Gasteiger partial charge in [-0.2, -0.15) is 0 Å². The average Bonchev–Trinajstić information content (AvgIpc) is 2.34. The van der Waals surface area contributed by atoms with E-state index in [1.807, 2.05) is 36.3 Å². The summed E-state index contributed by atoms with van der Waals surface area (Å²) in [4.78, 5) is 0. The minimum absolute atomic E-state index is 0.132. The Bertz CT molecular complexity index is 439. The number of methoxy groups -OCH3 is 1. The van der Waals surface area contributed by atoms with E-state index in [1.165, 1.54) is 0 Å². The van der Waals surface area contributed by atoms with E-state index in [0.29, 0.717) is 0 Å². The summed E-state index contributed by atoms with van der Waals surface area (Å²) < 4.78 is 16.8. The topological polar surface area (TPSA) is 27.7 Å². The third-order valence-corrected chi connectivity index (χ3v) is 3.14. The molecular formula is C15H21BO3. The highest BCUT2D eigenvalue weighted by atomic mass is 16.6. The average molecular weight is 260 g/mol. The van der Waals surface area contributed by atoms with Gasteiger partial charge in [-0.15, -0.1) is 0 Å². The monoisotopic (exact) mass is 260 g/mol. The molecule has 1 unspecified atom stereocenters. The number of hydrogen-bond acceptors (Lipinski definition) is 3. The molecule has 0 radical (unpaired) electrons. The predicted octanol–water partition coefficient (Wildman–Crippen LogP) is 3.34. The van der Waals surface area contributed by atoms with Gasteiger partial charge in [0.05, 0.1) is 12.7 Å². The van der Waals surface area contributed by atoms with Gasteiger partial charge in [-0.25, -0.2) is 0 Å². The molecule has 1 aromatic carbocycles. The first-order valence-corrected chi connectivity index (χ1v) is 6.64. The first kappa shape index (κ1) is 14.2. The Morgan fingerprint density at radius 2 is 2.00 bits per heavy atom. The number of benzene rings is 1. The smallest absolute Gasteiger partial charge is 0.486 e. The largest absolute Gasteiger partial charge is 0.497 e. The Balaban J connectivity index is 2.01. The van der Waals surface area contributed by atoms with E-state index in [9.17, 15) is 0 Å². The van der Waals surface area contributed by atoms with Gasteiger partial charge in [-0.1, -0.05) is 24.2 Å². The van der Waals surface area contributed by atoms with Gasteiger partial charge in [0.1, 0.15) is 5.75 Å². The fraction of sp³-hybridized carbons (Fsp3) is 0.467. The van der Waals surface area contributed by atoms with Gasteiger partial charge in [0.2, 0.25) is 0 Å². The van der Waals surface area contributed by atoms with Crippen LogP contribution in [0.3, 0.4) is 0 Å². The Hall–Kier alpha value is -1.26. The van der Waals surface area contributed by atoms with Gasteiger partial charge in [0, 0.05) is 6.10 Å². The fourth-order valence-electron chi connectivity index (χ4n) is 2.35. The molecule has 1 aliphatic rings. The summed E-state index contributed by atoms with van der Waals surface area (Å²) >= 11 is 0. The predicted molar refractivity (Wildman–Crippen MR) is 78.1 cm³/mol. The van der Waals surface area contributed by atoms with Crippen LogP contribution in [0.4, 0.5) is 0 Å². The van der Waals surface area contributed by atoms with Crippen LogP contribution in [-0.4, -0.2) is 25.9 Å². The molecule has 1 aromatic rings. The summed E-state index contributed by atoms with van der Waals surface area (Å²) in [5.74, 6) is 2.82. The maximum atomic E-state index is 5.88. The highest BCUT2D eigenvalue weighted by molar-refractivity contribution is 6.52. The number of ether oxygens (including phenoxy) is 1. The van der Waals surface area contributed by atoms with Crippen molar-refractivity contribution in [3.8, 4) is 5.75 Å². The highest BCUT2D eigenvalue weighted by Gasteiger charge is 2.35. The molecular weight excluding hydrogens is 239 g/mol. The normalized spacial score (nSPS) is 22.7. The van der Waals surface area contributed by atoms with Crippen molar-refractivity contribution < 1.29 is 14.0 Å². The van der Waals surface area contributed by atoms with E-state index in [1.54, 1.807) is 7.11 Å². The van der Waals surface area contributed by atoms with Crippen molar-refractivity contribution >= 4 is 13.2 Å². The van der Waals surface area contributed by atoms with E-state index in [0.717, 1.165) is 17.7 Å². The minimum Gasteiger partial charge on any atom is -0.497 e. The molecule has 0 bridgehead atoms. The van der Waals surface area contributed by atoms with Crippen LogP contribution in [0.15, 0.2) is 30.2 Å². The summed E-state index contributed by atoms with van der Waals surface area (Å²) in [7, 11) is 1.39. The molecule has 3 nitrogen and oxygen atoms in total. The van der Waals surface area contributed by atoms with Crippen LogP contribution in [0.5, 0.6) is 5.75 Å². The van der Waals surface area contributed by atoms with Gasteiger partial charge >= 0.3 is 7.12 Å². The molecule has 1 atom stereocenters. The van der Waals surface area contributed by atoms with E-state index in [2.05, 4.69) is 20.8 Å². The molecule has 0 saturated carbocycles. The second kappa shape index (κ2) is 5.80. The zero-order valence-electron chi connectivity index (χ0n) is 12.1. The first-order chi connectivity index (χ1) is 8.98. The van der Waals surface area contributed by atoms with Gasteiger partial charge in [0.15, 0.2) is 0 Å². The Labute approximate surface area is 115 Å². The van der Waals surface area contributed by atoms with Crippen LogP contribution in [0.25, 0.3) is 6.08 Å². The quantitative estimate of drug-likeness (QED) is 0.780. The second-order valence-electron chi connectivity index (χ2n) is 5.53. The van der Waals surface area contributed by atoms with Crippen LogP contribution in [-0.2, 0) is 9.31 Å². The van der Waals surface area contributed by atoms with Gasteiger partial charge in [0.25, 0.3) is 0 Å². The van der Waals surface area contributed by atoms with Crippen LogP contribution < -0.4 is 4.74 Å². The van der Waals surface area contributed by atoms with Crippen molar-refractivity contribution in [1.29, 1.82) is 0 Å². The second-order valence-corrected chi connectivity index (χ2v) is 5.53. The van der Waals surface area contributed by atoms with Crippen molar-refractivity contribution in [2.45, 2.75) is 38.9 Å². The molecule has 0 spiro atoms. The van der Waals surface area contributed by atoms with Crippen molar-refractivity contribution in [1.82, 2.24) is 0 Å². The van der Waals surface area contributed by atoms with Gasteiger partial charge < -0.3 is 14.0 Å². The molecule has 19 heavy (non-hydrogen) atoms. The standard InChI is InChI=1S/C15H21BO3/c1-12-11-15(2,3)19-16(18-12)10-9-13-5-7-14(17-4)8-6-13/h5-10,12H,11H2,1-4H3/b10-9+. The summed E-state index contributed by atoms with van der Waals surface area (Å²) in [6.07, 6.45) is 3.15. The lowest BCUT2D eigenvalue weighted by Crippen LogP contribution is -2.45. The molecule has 0 amide bonds. The summed E-state index contributed by atoms with van der Waals surface area (Å²) in [5.41, 5.74) is 0.969. The molecule has 1 saturated heterocycles. The molecule has 1 heterocycles. The number of hydrogen-bond donors (Lipinski definition) is 0. The summed E-state index contributed by atoms with van der Waals surface area (Å²) in [6.45, 7) is 6.28. The van der Waals surface area contributed by atoms with Crippen LogP contribution in [0.1, 0.15) is 32.8 Å². The highest BCUT2D eigenvalue weighted by Crippen LogP contribution is 2.26. The van der Waals surface area contributed by atoms with Crippen molar-refractivity contribution in [2.24, 2.45) is 0 Å². The molecule has 1 fully saturated rings. The van der Waals surface area contributed by atoms with Crippen LogP contribution in [0, 0.1) is 0 Å². The lowest BCUT2D eigenvalue weighted by Gasteiger charge is -2.37. The molecule has 102 valence electrons. The molecule has 2 rings (SSSR count). The number of rotatable bonds is 3. The van der Waals surface area contributed by atoms with Gasteiger partial charge in [-0.3, -0.25) is 0 Å². The summed E-state index contributed by atoms with van der Waals surface area (Å²) in [6, 6.07) is 7.89. The van der Waals surface area contributed by atoms with E-state index < -0.39 is 0 Å². The maximum absolute atomic E-state index is 5.88. The van der Waals surface area contributed by atoms with E-state index >= 15 is 0 Å². The lowest BCUT2D eigenvalue weighted by molar-refractivity contribution is -0.0235. The SMILES string of the molecule is COc1ccc(/C=C/B2OC(C)CC(C)(C)O2)cc1. The van der Waals surface area contributed by atoms with Gasteiger partial charge in [-0.05, 0) is 44.9 Å². The van der Waals surface area contributed by atoms with Crippen molar-refractivity contribution in [2.75, 3.05) is 7.11 Å². The fourth-order valence-corrected chi connectivity index (χ4v) is 2.35. The molecule has 1 aliphatic heterocycles.